The van der Waals surface area contributed by atoms with Gasteiger partial charge in [0.2, 0.25) is 5.91 Å². The van der Waals surface area contributed by atoms with Gasteiger partial charge in [-0.1, -0.05) is 39.0 Å². The number of amides is 1. The molecule has 1 aliphatic heterocycles. The van der Waals surface area contributed by atoms with E-state index in [1.54, 1.807) is 0 Å². The van der Waals surface area contributed by atoms with E-state index in [-0.39, 0.29) is 11.9 Å². The van der Waals surface area contributed by atoms with Gasteiger partial charge in [0.1, 0.15) is 0 Å². The summed E-state index contributed by atoms with van der Waals surface area (Å²) in [4.78, 5) is 16.7. The molecule has 0 bridgehead atoms. The minimum atomic E-state index is -0.267. The smallest absolute Gasteiger partial charge is 0.239 e. The summed E-state index contributed by atoms with van der Waals surface area (Å²) >= 11 is 0. The number of hydrogen-bond acceptors (Lipinski definition) is 3. The molecule has 0 aromatic rings. The van der Waals surface area contributed by atoms with Crippen LogP contribution in [0.5, 0.6) is 0 Å². The van der Waals surface area contributed by atoms with E-state index in [9.17, 15) is 4.79 Å². The zero-order valence-corrected chi connectivity index (χ0v) is 12.3. The summed E-state index contributed by atoms with van der Waals surface area (Å²) in [6.07, 6.45) is 7.43. The molecule has 2 N–H and O–H groups in total. The average Bonchev–Trinajstić information content (AvgIpc) is 2.47. The third kappa shape index (κ3) is 4.18. The molecule has 0 aromatic heterocycles. The van der Waals surface area contributed by atoms with E-state index in [2.05, 4.69) is 11.8 Å². The second kappa shape index (κ2) is 7.25. The van der Waals surface area contributed by atoms with Crippen LogP contribution in [-0.4, -0.2) is 54.5 Å². The van der Waals surface area contributed by atoms with Crippen molar-refractivity contribution in [2.24, 2.45) is 11.7 Å². The molecule has 19 heavy (non-hydrogen) atoms. The van der Waals surface area contributed by atoms with Gasteiger partial charge in [-0.25, -0.2) is 0 Å². The number of carbonyl (C=O) groups is 1. The van der Waals surface area contributed by atoms with Crippen molar-refractivity contribution in [3.05, 3.63) is 0 Å². The topological polar surface area (TPSA) is 49.6 Å². The lowest BCUT2D eigenvalue weighted by Crippen LogP contribution is -2.53. The summed E-state index contributed by atoms with van der Waals surface area (Å²) in [5.41, 5.74) is 6.14. The second-order valence-corrected chi connectivity index (χ2v) is 6.11. The molecule has 2 rings (SSSR count). The first-order chi connectivity index (χ1) is 9.20. The maximum absolute atomic E-state index is 12.3. The van der Waals surface area contributed by atoms with E-state index in [0.29, 0.717) is 5.92 Å². The third-order valence-corrected chi connectivity index (χ3v) is 4.76. The van der Waals surface area contributed by atoms with Crippen LogP contribution >= 0.6 is 0 Å². The van der Waals surface area contributed by atoms with Crippen LogP contribution in [0.15, 0.2) is 0 Å². The first-order valence-electron chi connectivity index (χ1n) is 7.97. The van der Waals surface area contributed by atoms with Gasteiger partial charge in [-0.15, -0.1) is 0 Å². The summed E-state index contributed by atoms with van der Waals surface area (Å²) in [6, 6.07) is -0.267. The van der Waals surface area contributed by atoms with Gasteiger partial charge in [0, 0.05) is 26.2 Å². The lowest BCUT2D eigenvalue weighted by molar-refractivity contribution is -0.134. The quantitative estimate of drug-likeness (QED) is 0.838. The van der Waals surface area contributed by atoms with Gasteiger partial charge in [-0.05, 0) is 18.9 Å². The van der Waals surface area contributed by atoms with Crippen LogP contribution in [0.1, 0.15) is 45.4 Å². The molecule has 0 radical (unpaired) electrons. The third-order valence-electron chi connectivity index (χ3n) is 4.76. The van der Waals surface area contributed by atoms with Crippen LogP contribution in [0.4, 0.5) is 0 Å². The Balaban J connectivity index is 1.75. The summed E-state index contributed by atoms with van der Waals surface area (Å²) in [5.74, 6) is 0.867. The molecule has 0 aromatic carbocycles. The zero-order chi connectivity index (χ0) is 13.7. The molecule has 1 heterocycles. The number of nitrogens with two attached hydrogens (primary N) is 1. The SMILES string of the molecule is CCN1CCN(C(=O)C(N)CC2CCCCC2)CC1. The monoisotopic (exact) mass is 267 g/mol. The Kier molecular flexibility index (Phi) is 5.64. The van der Waals surface area contributed by atoms with Gasteiger partial charge in [0.05, 0.1) is 6.04 Å². The lowest BCUT2D eigenvalue weighted by Gasteiger charge is -2.36. The predicted octanol–water partition coefficient (Wildman–Crippen LogP) is 1.45. The van der Waals surface area contributed by atoms with E-state index in [1.165, 1.54) is 32.1 Å². The summed E-state index contributed by atoms with van der Waals surface area (Å²) in [6.45, 7) is 6.95. The molecule has 110 valence electrons. The number of nitrogens with zero attached hydrogens (tertiary/aromatic N) is 2. The average molecular weight is 267 g/mol. The maximum atomic E-state index is 12.3. The molecule has 1 saturated carbocycles. The van der Waals surface area contributed by atoms with E-state index in [0.717, 1.165) is 39.1 Å². The van der Waals surface area contributed by atoms with Gasteiger partial charge in [-0.2, -0.15) is 0 Å². The standard InChI is InChI=1S/C15H29N3O/c1-2-17-8-10-18(11-9-17)15(19)14(16)12-13-6-4-3-5-7-13/h13-14H,2-12,16H2,1H3. The normalized spacial score (nSPS) is 24.4. The first kappa shape index (κ1) is 14.8. The molecule has 1 aliphatic carbocycles. The van der Waals surface area contributed by atoms with Crippen LogP contribution in [0, 0.1) is 5.92 Å². The maximum Gasteiger partial charge on any atom is 0.239 e. The van der Waals surface area contributed by atoms with Crippen molar-refractivity contribution < 1.29 is 4.79 Å². The molecule has 1 atom stereocenters. The highest BCUT2D eigenvalue weighted by Gasteiger charge is 2.27. The highest BCUT2D eigenvalue weighted by molar-refractivity contribution is 5.81. The Morgan fingerprint density at radius 1 is 1.16 bits per heavy atom. The number of rotatable bonds is 4. The summed E-state index contributed by atoms with van der Waals surface area (Å²) < 4.78 is 0. The summed E-state index contributed by atoms with van der Waals surface area (Å²) in [7, 11) is 0. The molecule has 2 aliphatic rings. The van der Waals surface area contributed by atoms with Crippen molar-refractivity contribution in [2.45, 2.75) is 51.5 Å². The van der Waals surface area contributed by atoms with Gasteiger partial charge >= 0.3 is 0 Å². The number of likely N-dealkylation sites (N-methyl/N-ethyl adjacent to an activating group) is 1. The fourth-order valence-corrected chi connectivity index (χ4v) is 3.40. The van der Waals surface area contributed by atoms with E-state index in [4.69, 9.17) is 5.73 Å². The van der Waals surface area contributed by atoms with Crippen molar-refractivity contribution in [2.75, 3.05) is 32.7 Å². The fourth-order valence-electron chi connectivity index (χ4n) is 3.40. The molecule has 1 amide bonds. The van der Waals surface area contributed by atoms with Crippen LogP contribution in [0.25, 0.3) is 0 Å². The van der Waals surface area contributed by atoms with Gasteiger partial charge < -0.3 is 15.5 Å². The van der Waals surface area contributed by atoms with Crippen molar-refractivity contribution in [1.29, 1.82) is 0 Å². The Labute approximate surface area is 117 Å². The van der Waals surface area contributed by atoms with Gasteiger partial charge in [-0.3, -0.25) is 4.79 Å². The van der Waals surface area contributed by atoms with Crippen LogP contribution in [0.2, 0.25) is 0 Å². The number of carbonyl (C=O) groups excluding carboxylic acids is 1. The van der Waals surface area contributed by atoms with Gasteiger partial charge in [0.25, 0.3) is 0 Å². The molecule has 2 fully saturated rings. The van der Waals surface area contributed by atoms with E-state index in [1.807, 2.05) is 4.90 Å². The molecule has 1 saturated heterocycles. The Hall–Kier alpha value is -0.610. The van der Waals surface area contributed by atoms with E-state index < -0.39 is 0 Å². The van der Waals surface area contributed by atoms with Crippen molar-refractivity contribution in [3.8, 4) is 0 Å². The van der Waals surface area contributed by atoms with Crippen LogP contribution < -0.4 is 5.73 Å². The summed E-state index contributed by atoms with van der Waals surface area (Å²) in [5, 5.41) is 0. The predicted molar refractivity (Wildman–Crippen MR) is 77.9 cm³/mol. The number of hydrogen-bond donors (Lipinski definition) is 1. The van der Waals surface area contributed by atoms with Crippen molar-refractivity contribution in [1.82, 2.24) is 9.80 Å². The van der Waals surface area contributed by atoms with Crippen LogP contribution in [-0.2, 0) is 4.79 Å². The number of piperazine rings is 1. The van der Waals surface area contributed by atoms with Gasteiger partial charge in [0.15, 0.2) is 0 Å². The van der Waals surface area contributed by atoms with Crippen LogP contribution in [0.3, 0.4) is 0 Å². The van der Waals surface area contributed by atoms with E-state index >= 15 is 0 Å². The Morgan fingerprint density at radius 3 is 2.37 bits per heavy atom. The minimum Gasteiger partial charge on any atom is -0.339 e. The second-order valence-electron chi connectivity index (χ2n) is 6.11. The molecule has 4 heteroatoms. The fraction of sp³-hybridized carbons (Fsp3) is 0.933. The first-order valence-corrected chi connectivity index (χ1v) is 7.97. The molecule has 4 nitrogen and oxygen atoms in total. The zero-order valence-electron chi connectivity index (χ0n) is 12.3. The minimum absolute atomic E-state index is 0.182. The molecular formula is C15H29N3O. The highest BCUT2D eigenvalue weighted by atomic mass is 16.2. The Bertz CT molecular complexity index is 281. The highest BCUT2D eigenvalue weighted by Crippen LogP contribution is 2.27. The largest absolute Gasteiger partial charge is 0.339 e. The van der Waals surface area contributed by atoms with Crippen molar-refractivity contribution >= 4 is 5.91 Å². The molecule has 1 unspecified atom stereocenters. The Morgan fingerprint density at radius 2 is 1.79 bits per heavy atom. The molecular weight excluding hydrogens is 238 g/mol. The molecule has 0 spiro atoms. The van der Waals surface area contributed by atoms with Crippen molar-refractivity contribution in [3.63, 3.8) is 0 Å². The lowest BCUT2D eigenvalue weighted by atomic mass is 9.84.